The van der Waals surface area contributed by atoms with Crippen molar-refractivity contribution in [2.45, 2.75) is 6.42 Å². The van der Waals surface area contributed by atoms with Crippen molar-refractivity contribution in [3.8, 4) is 0 Å². The van der Waals surface area contributed by atoms with Crippen LogP contribution in [0.1, 0.15) is 5.69 Å². The maximum Gasteiger partial charge on any atom is 0.0888 e. The number of allylic oxidation sites excluding steroid dienone is 1. The Morgan fingerprint density at radius 1 is 1.70 bits per heavy atom. The lowest BCUT2D eigenvalue weighted by atomic mass is 10.3. The van der Waals surface area contributed by atoms with Crippen molar-refractivity contribution in [3.05, 3.63) is 29.6 Å². The number of aromatic nitrogens is 3. The molecular weight excluding hydrogens is 150 g/mol. The van der Waals surface area contributed by atoms with Crippen LogP contribution in [0.5, 0.6) is 0 Å². The third-order valence-corrected chi connectivity index (χ3v) is 1.32. The van der Waals surface area contributed by atoms with E-state index < -0.39 is 0 Å². The van der Waals surface area contributed by atoms with E-state index in [2.05, 4.69) is 22.0 Å². The molecule has 0 fully saturated rings. The van der Waals surface area contributed by atoms with Gasteiger partial charge in [0.1, 0.15) is 0 Å². The highest BCUT2D eigenvalue weighted by Gasteiger charge is 1.97. The van der Waals surface area contributed by atoms with E-state index in [0.717, 1.165) is 0 Å². The van der Waals surface area contributed by atoms with Crippen molar-refractivity contribution >= 4 is 11.6 Å². The lowest BCUT2D eigenvalue weighted by molar-refractivity contribution is 0.825. The summed E-state index contributed by atoms with van der Waals surface area (Å²) in [5.41, 5.74) is 0.715. The molecule has 52 valence electrons. The Hall–Kier alpha value is -0.960. The number of rotatable bonds is 2. The zero-order valence-corrected chi connectivity index (χ0v) is 6.04. The smallest absolute Gasteiger partial charge is 0.0888 e. The second-order valence-corrected chi connectivity index (χ2v) is 2.13. The monoisotopic (exact) mass is 155 g/mol. The first kappa shape index (κ1) is 7.15. The van der Waals surface area contributed by atoms with E-state index in [4.69, 9.17) is 11.6 Å². The summed E-state index contributed by atoms with van der Waals surface area (Å²) >= 11 is 5.69. The summed E-state index contributed by atoms with van der Waals surface area (Å²) in [5, 5.41) is 11.2. The minimum Gasteiger partial charge on any atom is -0.137 e. The van der Waals surface area contributed by atoms with Gasteiger partial charge in [-0.15, -0.1) is 16.8 Å². The van der Waals surface area contributed by atoms with Crippen LogP contribution in [0.2, 0.25) is 5.02 Å². The highest BCUT2D eigenvalue weighted by atomic mass is 35.5. The molecule has 1 rings (SSSR count). The summed E-state index contributed by atoms with van der Waals surface area (Å²) in [6.45, 7) is 3.55. The Labute approximate surface area is 63.7 Å². The normalized spacial score (nSPS) is 9.30. The van der Waals surface area contributed by atoms with Gasteiger partial charge in [0.2, 0.25) is 0 Å². The molecular formula is C6H6ClN3. The fourth-order valence-corrected chi connectivity index (χ4v) is 0.712. The predicted molar refractivity (Wildman–Crippen MR) is 38.7 cm³/mol. The summed E-state index contributed by atoms with van der Waals surface area (Å²) in [6, 6.07) is 0. The molecule has 10 heavy (non-hydrogen) atoms. The Balaban J connectivity index is 2.91. The fraction of sp³-hybridized carbons (Fsp3) is 0.167. The molecule has 0 aliphatic rings. The molecule has 1 heterocycles. The molecule has 0 unspecified atom stereocenters. The van der Waals surface area contributed by atoms with Gasteiger partial charge in [-0.1, -0.05) is 17.7 Å². The summed E-state index contributed by atoms with van der Waals surface area (Å²) in [6.07, 6.45) is 3.82. The summed E-state index contributed by atoms with van der Waals surface area (Å²) in [7, 11) is 0. The minimum atomic E-state index is 0.537. The third-order valence-electron chi connectivity index (χ3n) is 1.00. The van der Waals surface area contributed by atoms with Crippen LogP contribution in [0, 0.1) is 0 Å². The van der Waals surface area contributed by atoms with Gasteiger partial charge < -0.3 is 0 Å². The van der Waals surface area contributed by atoms with Gasteiger partial charge in [0.15, 0.2) is 0 Å². The van der Waals surface area contributed by atoms with Crippen LogP contribution >= 0.6 is 11.6 Å². The van der Waals surface area contributed by atoms with Crippen LogP contribution in [0.25, 0.3) is 0 Å². The van der Waals surface area contributed by atoms with Crippen molar-refractivity contribution in [1.29, 1.82) is 0 Å². The Morgan fingerprint density at radius 2 is 2.50 bits per heavy atom. The SMILES string of the molecule is C=CCc1nnncc1Cl. The number of halogens is 1. The quantitative estimate of drug-likeness (QED) is 0.604. The van der Waals surface area contributed by atoms with E-state index in [9.17, 15) is 0 Å². The van der Waals surface area contributed by atoms with Crippen molar-refractivity contribution in [2.75, 3.05) is 0 Å². The molecule has 0 aromatic carbocycles. The Kier molecular flexibility index (Phi) is 2.34. The largest absolute Gasteiger partial charge is 0.137 e. The predicted octanol–water partition coefficient (Wildman–Crippen LogP) is 1.25. The topological polar surface area (TPSA) is 38.7 Å². The van der Waals surface area contributed by atoms with E-state index in [1.807, 2.05) is 0 Å². The zero-order chi connectivity index (χ0) is 7.40. The van der Waals surface area contributed by atoms with E-state index in [-0.39, 0.29) is 0 Å². The first-order valence-corrected chi connectivity index (χ1v) is 3.16. The molecule has 0 atom stereocenters. The first-order chi connectivity index (χ1) is 4.84. The zero-order valence-electron chi connectivity index (χ0n) is 5.29. The molecule has 0 saturated carbocycles. The van der Waals surface area contributed by atoms with E-state index >= 15 is 0 Å². The van der Waals surface area contributed by atoms with E-state index in [1.54, 1.807) is 6.08 Å². The van der Waals surface area contributed by atoms with E-state index in [1.165, 1.54) is 6.20 Å². The van der Waals surface area contributed by atoms with Gasteiger partial charge in [-0.2, -0.15) is 0 Å². The molecule has 0 N–H and O–H groups in total. The molecule has 0 radical (unpaired) electrons. The molecule has 1 aromatic rings. The van der Waals surface area contributed by atoms with Gasteiger partial charge in [0, 0.05) is 6.42 Å². The first-order valence-electron chi connectivity index (χ1n) is 2.78. The van der Waals surface area contributed by atoms with Crippen molar-refractivity contribution in [3.63, 3.8) is 0 Å². The van der Waals surface area contributed by atoms with Crippen LogP contribution in [-0.2, 0) is 6.42 Å². The highest BCUT2D eigenvalue weighted by Crippen LogP contribution is 2.09. The van der Waals surface area contributed by atoms with Crippen molar-refractivity contribution in [1.82, 2.24) is 15.4 Å². The minimum absolute atomic E-state index is 0.537. The van der Waals surface area contributed by atoms with Gasteiger partial charge in [-0.3, -0.25) is 0 Å². The maximum absolute atomic E-state index is 5.69. The van der Waals surface area contributed by atoms with Crippen LogP contribution in [0.3, 0.4) is 0 Å². The standard InChI is InChI=1S/C6H6ClN3/c1-2-3-6-5(7)4-8-10-9-6/h2,4H,1,3H2. The molecule has 0 amide bonds. The highest BCUT2D eigenvalue weighted by molar-refractivity contribution is 6.31. The molecule has 0 saturated heterocycles. The van der Waals surface area contributed by atoms with Crippen LogP contribution in [0.4, 0.5) is 0 Å². The van der Waals surface area contributed by atoms with Gasteiger partial charge >= 0.3 is 0 Å². The second kappa shape index (κ2) is 3.27. The van der Waals surface area contributed by atoms with Gasteiger partial charge in [0.05, 0.1) is 16.9 Å². The number of nitrogens with zero attached hydrogens (tertiary/aromatic N) is 3. The van der Waals surface area contributed by atoms with Gasteiger partial charge in [-0.05, 0) is 5.21 Å². The second-order valence-electron chi connectivity index (χ2n) is 1.72. The number of hydrogen-bond donors (Lipinski definition) is 0. The molecule has 0 aliphatic carbocycles. The van der Waals surface area contributed by atoms with E-state index in [0.29, 0.717) is 17.1 Å². The summed E-state index contributed by atoms with van der Waals surface area (Å²) in [4.78, 5) is 0. The average Bonchev–Trinajstić information content (AvgIpc) is 1.94. The molecule has 1 aromatic heterocycles. The lowest BCUT2D eigenvalue weighted by Gasteiger charge is -1.93. The van der Waals surface area contributed by atoms with Gasteiger partial charge in [-0.25, -0.2) is 0 Å². The molecule has 4 heteroatoms. The Bertz CT molecular complexity index is 236. The maximum atomic E-state index is 5.69. The number of hydrogen-bond acceptors (Lipinski definition) is 3. The lowest BCUT2D eigenvalue weighted by Crippen LogP contribution is -1.93. The molecule has 0 bridgehead atoms. The fourth-order valence-electron chi connectivity index (χ4n) is 0.554. The van der Waals surface area contributed by atoms with Crippen molar-refractivity contribution in [2.24, 2.45) is 0 Å². The summed E-state index contributed by atoms with van der Waals surface area (Å²) < 4.78 is 0. The Morgan fingerprint density at radius 3 is 3.10 bits per heavy atom. The average molecular weight is 156 g/mol. The third kappa shape index (κ3) is 1.51. The van der Waals surface area contributed by atoms with Crippen LogP contribution in [-0.4, -0.2) is 15.4 Å². The molecule has 0 aliphatic heterocycles. The van der Waals surface area contributed by atoms with Crippen LogP contribution < -0.4 is 0 Å². The summed E-state index contributed by atoms with van der Waals surface area (Å²) in [5.74, 6) is 0. The molecule has 0 spiro atoms. The van der Waals surface area contributed by atoms with Gasteiger partial charge in [0.25, 0.3) is 0 Å². The molecule has 3 nitrogen and oxygen atoms in total. The van der Waals surface area contributed by atoms with Crippen LogP contribution in [0.15, 0.2) is 18.9 Å². The van der Waals surface area contributed by atoms with Crippen molar-refractivity contribution < 1.29 is 0 Å².